The zero-order valence-electron chi connectivity index (χ0n) is 24.8. The van der Waals surface area contributed by atoms with Crippen LogP contribution in [-0.4, -0.2) is 73.0 Å². The summed E-state index contributed by atoms with van der Waals surface area (Å²) in [6.45, 7) is 4.83. The van der Waals surface area contributed by atoms with E-state index in [1.807, 2.05) is 0 Å². The van der Waals surface area contributed by atoms with Crippen molar-refractivity contribution >= 4 is 30.3 Å². The number of hydrogen-bond acceptors (Lipinski definition) is 8. The summed E-state index contributed by atoms with van der Waals surface area (Å²) in [6.07, 6.45) is -4.73. The number of halogens is 3. The van der Waals surface area contributed by atoms with Crippen LogP contribution >= 0.6 is 0 Å². The first-order valence-corrected chi connectivity index (χ1v) is 14.3. The Hall–Kier alpha value is -3.50. The van der Waals surface area contributed by atoms with Gasteiger partial charge in [-0.1, -0.05) is 30.3 Å². The lowest BCUT2D eigenvalue weighted by atomic mass is 9.77. The summed E-state index contributed by atoms with van der Waals surface area (Å²) >= 11 is 0. The number of hydrogen-bond donors (Lipinski definition) is 6. The lowest BCUT2D eigenvalue weighted by Crippen LogP contribution is -2.55. The highest BCUT2D eigenvalue weighted by Crippen LogP contribution is 2.29. The van der Waals surface area contributed by atoms with Crippen molar-refractivity contribution in [3.8, 4) is 0 Å². The molecule has 0 radical (unpaired) electrons. The summed E-state index contributed by atoms with van der Waals surface area (Å²) in [5.74, 6) is -1.58. The smallest absolute Gasteiger partial charge is 0.423 e. The highest BCUT2D eigenvalue weighted by Gasteiger charge is 2.34. The van der Waals surface area contributed by atoms with Crippen LogP contribution in [0.25, 0.3) is 0 Å². The van der Waals surface area contributed by atoms with Gasteiger partial charge in [-0.25, -0.2) is 0 Å². The first-order valence-electron chi connectivity index (χ1n) is 14.3. The summed E-state index contributed by atoms with van der Waals surface area (Å²) in [7, 11) is -1.09. The molecule has 2 atom stereocenters. The second kappa shape index (κ2) is 15.0. The molecule has 0 fully saturated rings. The Bertz CT molecular complexity index is 1310. The third-order valence-electron chi connectivity index (χ3n) is 7.48. The maximum absolute atomic E-state index is 13.6. The second-order valence-corrected chi connectivity index (χ2v) is 11.3. The fourth-order valence-corrected chi connectivity index (χ4v) is 4.87. The Balaban J connectivity index is 1.76. The molecule has 1 aliphatic rings. The summed E-state index contributed by atoms with van der Waals surface area (Å²) in [5, 5.41) is 15.6. The van der Waals surface area contributed by atoms with E-state index in [0.717, 1.165) is 17.7 Å². The molecule has 0 unspecified atom stereocenters. The van der Waals surface area contributed by atoms with Gasteiger partial charge in [0.2, 0.25) is 17.7 Å². The van der Waals surface area contributed by atoms with Gasteiger partial charge in [-0.05, 0) is 54.6 Å². The summed E-state index contributed by atoms with van der Waals surface area (Å²) < 4.78 is 44.5. The van der Waals surface area contributed by atoms with Gasteiger partial charge in [-0.15, -0.1) is 0 Å². The van der Waals surface area contributed by atoms with Gasteiger partial charge >= 0.3 is 13.3 Å². The number of carbonyl (C=O) groups excluding carboxylic acids is 3. The second-order valence-electron chi connectivity index (χ2n) is 11.3. The number of carbonyl (C=O) groups is 3. The van der Waals surface area contributed by atoms with Crippen LogP contribution in [0.15, 0.2) is 42.5 Å². The Morgan fingerprint density at radius 1 is 1.02 bits per heavy atom. The van der Waals surface area contributed by atoms with Crippen LogP contribution < -0.4 is 33.3 Å². The summed E-state index contributed by atoms with van der Waals surface area (Å²) in [4.78, 5) is 40.8. The van der Waals surface area contributed by atoms with E-state index in [1.54, 1.807) is 32.0 Å². The van der Waals surface area contributed by atoms with Crippen molar-refractivity contribution in [2.24, 2.45) is 17.2 Å². The first kappa shape index (κ1) is 35.0. The lowest BCUT2D eigenvalue weighted by molar-refractivity contribution is -0.137. The van der Waals surface area contributed by atoms with Crippen molar-refractivity contribution in [3.63, 3.8) is 0 Å². The van der Waals surface area contributed by atoms with Crippen molar-refractivity contribution in [1.82, 2.24) is 15.5 Å². The molecule has 11 nitrogen and oxygen atoms in total. The minimum absolute atomic E-state index is 0.0179. The van der Waals surface area contributed by atoms with E-state index in [1.165, 1.54) is 17.0 Å². The monoisotopic (exact) mass is 620 g/mol. The molecule has 0 aromatic heterocycles. The van der Waals surface area contributed by atoms with Gasteiger partial charge in [0.25, 0.3) is 0 Å². The molecule has 0 spiro atoms. The molecule has 44 heavy (non-hydrogen) atoms. The van der Waals surface area contributed by atoms with E-state index in [-0.39, 0.29) is 44.9 Å². The number of nitrogens with zero attached hydrogens (tertiary/aromatic N) is 1. The Kier molecular flexibility index (Phi) is 11.9. The van der Waals surface area contributed by atoms with Gasteiger partial charge in [0, 0.05) is 39.0 Å². The van der Waals surface area contributed by atoms with Crippen LogP contribution in [-0.2, 0) is 43.8 Å². The first-order chi connectivity index (χ1) is 20.7. The predicted molar refractivity (Wildman–Crippen MR) is 159 cm³/mol. The van der Waals surface area contributed by atoms with E-state index < -0.39 is 48.3 Å². The third-order valence-corrected chi connectivity index (χ3v) is 7.48. The minimum Gasteiger partial charge on any atom is -0.423 e. The third kappa shape index (κ3) is 9.25. The van der Waals surface area contributed by atoms with Gasteiger partial charge in [0.05, 0.1) is 23.8 Å². The van der Waals surface area contributed by atoms with Crippen molar-refractivity contribution in [2.45, 2.75) is 63.5 Å². The largest absolute Gasteiger partial charge is 0.491 e. The van der Waals surface area contributed by atoms with Gasteiger partial charge in [0.1, 0.15) is 6.04 Å². The van der Waals surface area contributed by atoms with E-state index in [4.69, 9.17) is 21.9 Å². The lowest BCUT2D eigenvalue weighted by Gasteiger charge is -2.30. The zero-order valence-corrected chi connectivity index (χ0v) is 24.8. The number of benzene rings is 2. The normalized spacial score (nSPS) is 14.5. The molecule has 240 valence electrons. The van der Waals surface area contributed by atoms with E-state index in [0.29, 0.717) is 29.7 Å². The number of rotatable bonds is 14. The summed E-state index contributed by atoms with van der Waals surface area (Å²) in [6, 6.07) is 7.23. The topological polar surface area (TPSA) is 186 Å². The molecule has 0 aliphatic carbocycles. The molecule has 1 aliphatic heterocycles. The maximum atomic E-state index is 13.6. The maximum Gasteiger partial charge on any atom is 0.491 e. The van der Waals surface area contributed by atoms with Crippen LogP contribution in [0.2, 0.25) is 0 Å². The molecule has 0 saturated carbocycles. The van der Waals surface area contributed by atoms with Crippen LogP contribution in [0, 0.1) is 0 Å². The Labute approximate surface area is 254 Å². The van der Waals surface area contributed by atoms with Gasteiger partial charge < -0.3 is 42.4 Å². The molecule has 3 rings (SSSR count). The fourth-order valence-electron chi connectivity index (χ4n) is 4.87. The van der Waals surface area contributed by atoms with Crippen LogP contribution in [0.5, 0.6) is 0 Å². The van der Waals surface area contributed by atoms with Gasteiger partial charge in [-0.2, -0.15) is 13.2 Å². The molecule has 15 heteroatoms. The molecular formula is C29H40BF3N6O5. The number of alkyl halides is 3. The zero-order chi connectivity index (χ0) is 32.7. The molecular weight excluding hydrogens is 580 g/mol. The average molecular weight is 620 g/mol. The number of fused-ring (bicyclic) bond motifs is 1. The van der Waals surface area contributed by atoms with Crippen molar-refractivity contribution in [2.75, 3.05) is 26.2 Å². The Morgan fingerprint density at radius 2 is 1.64 bits per heavy atom. The number of nitrogens with two attached hydrogens (primary N) is 3. The SMILES string of the molecule is CC(C)(NC(=O)[C@@H](Cc1ccc(C(F)(F)F)cc1)NC(=O)[C@@H](N)CCC(=O)N(CCN)CCN)c1ccc2c(c1)B(O)OC2. The predicted octanol–water partition coefficient (Wildman–Crippen LogP) is -0.145. The number of amides is 3. The van der Waals surface area contributed by atoms with Crippen LogP contribution in [0.1, 0.15) is 48.9 Å². The number of nitrogens with one attached hydrogen (secondary N) is 2. The van der Waals surface area contributed by atoms with E-state index in [9.17, 15) is 32.6 Å². The molecule has 2 aromatic rings. The summed E-state index contributed by atoms with van der Waals surface area (Å²) in [5.41, 5.74) is 17.8. The van der Waals surface area contributed by atoms with E-state index in [2.05, 4.69) is 10.6 Å². The minimum atomic E-state index is -4.53. The van der Waals surface area contributed by atoms with Crippen LogP contribution in [0.4, 0.5) is 13.2 Å². The standard InChI is InChI=1S/C29H40BF3N6O5/c1-28(2,21-8-5-19-17-44-30(43)22(19)16-21)38-27(42)24(15-18-3-6-20(7-4-18)29(31,32)33)37-26(41)23(36)9-10-25(40)39(13-11-34)14-12-35/h3-8,16,23-24,43H,9-15,17,34-36H2,1-2H3,(H,37,41)(H,38,42)/t23-,24+/m0/s1. The van der Waals surface area contributed by atoms with Crippen LogP contribution in [0.3, 0.4) is 0 Å². The highest BCUT2D eigenvalue weighted by atomic mass is 19.4. The molecule has 0 bridgehead atoms. The molecule has 9 N–H and O–H groups in total. The molecule has 3 amide bonds. The molecule has 0 saturated heterocycles. The van der Waals surface area contributed by atoms with Gasteiger partial charge in [0.15, 0.2) is 0 Å². The highest BCUT2D eigenvalue weighted by molar-refractivity contribution is 6.61. The van der Waals surface area contributed by atoms with Crippen molar-refractivity contribution < 1.29 is 37.2 Å². The van der Waals surface area contributed by atoms with E-state index >= 15 is 0 Å². The Morgan fingerprint density at radius 3 is 2.23 bits per heavy atom. The quantitative estimate of drug-likeness (QED) is 0.158. The fraction of sp³-hybridized carbons (Fsp3) is 0.483. The average Bonchev–Trinajstić information content (AvgIpc) is 3.34. The van der Waals surface area contributed by atoms with Crippen molar-refractivity contribution in [1.29, 1.82) is 0 Å². The van der Waals surface area contributed by atoms with Crippen molar-refractivity contribution in [3.05, 3.63) is 64.7 Å². The van der Waals surface area contributed by atoms with Gasteiger partial charge in [-0.3, -0.25) is 14.4 Å². The molecule has 1 heterocycles. The molecule has 2 aromatic carbocycles.